The maximum absolute atomic E-state index is 12.7. The maximum atomic E-state index is 12.7. The molecule has 1 amide bonds. The smallest absolute Gasteiger partial charge is 0.252 e. The van der Waals surface area contributed by atoms with Crippen LogP contribution < -0.4 is 0 Å². The Bertz CT molecular complexity index is 1060. The summed E-state index contributed by atoms with van der Waals surface area (Å²) in [6.07, 6.45) is 1.90. The van der Waals surface area contributed by atoms with Gasteiger partial charge in [-0.1, -0.05) is 18.2 Å². The zero-order valence-corrected chi connectivity index (χ0v) is 16.6. The Labute approximate surface area is 162 Å². The van der Waals surface area contributed by atoms with Crippen LogP contribution in [0.2, 0.25) is 0 Å². The molecule has 0 saturated carbocycles. The van der Waals surface area contributed by atoms with Gasteiger partial charge in [-0.25, -0.2) is 8.42 Å². The number of nitrogens with zero attached hydrogens (tertiary/aromatic N) is 2. The number of fused-ring (bicyclic) bond motifs is 1. The Morgan fingerprint density at radius 1 is 1.19 bits per heavy atom. The first kappa shape index (κ1) is 18.2. The van der Waals surface area contributed by atoms with Crippen molar-refractivity contribution in [1.29, 1.82) is 0 Å². The molecule has 3 aromatic rings. The van der Waals surface area contributed by atoms with Crippen LogP contribution in [0.1, 0.15) is 11.1 Å². The number of aryl methyl sites for hydroxylation is 1. The molecule has 1 aliphatic heterocycles. The maximum Gasteiger partial charge on any atom is 0.252 e. The third kappa shape index (κ3) is 3.52. The van der Waals surface area contributed by atoms with E-state index in [4.69, 9.17) is 4.42 Å². The molecule has 3 heterocycles. The lowest BCUT2D eigenvalue weighted by Gasteiger charge is -2.33. The number of thiophene rings is 1. The Kier molecular flexibility index (Phi) is 4.79. The highest BCUT2D eigenvalue weighted by Gasteiger charge is 2.30. The lowest BCUT2D eigenvalue weighted by molar-refractivity contribution is -0.131. The zero-order chi connectivity index (χ0) is 19.0. The van der Waals surface area contributed by atoms with Crippen molar-refractivity contribution in [2.45, 2.75) is 17.6 Å². The number of furan rings is 1. The fraction of sp³-hybridized carbons (Fsp3) is 0.316. The minimum Gasteiger partial charge on any atom is -0.464 e. The molecule has 6 nitrogen and oxygen atoms in total. The Morgan fingerprint density at radius 2 is 1.96 bits per heavy atom. The molecule has 8 heteroatoms. The topological polar surface area (TPSA) is 70.8 Å². The van der Waals surface area contributed by atoms with Gasteiger partial charge in [0.1, 0.15) is 9.79 Å². The van der Waals surface area contributed by atoms with Crippen molar-refractivity contribution < 1.29 is 17.6 Å². The summed E-state index contributed by atoms with van der Waals surface area (Å²) in [5.74, 6) is -0.00792. The van der Waals surface area contributed by atoms with Crippen molar-refractivity contribution in [3.8, 4) is 0 Å². The third-order valence-electron chi connectivity index (χ3n) is 4.83. The van der Waals surface area contributed by atoms with E-state index in [1.54, 1.807) is 28.7 Å². The summed E-state index contributed by atoms with van der Waals surface area (Å²) in [5.41, 5.74) is 2.76. The number of rotatable bonds is 4. The number of benzene rings is 1. The van der Waals surface area contributed by atoms with Crippen LogP contribution in [0.25, 0.3) is 11.0 Å². The molecule has 1 aromatic carbocycles. The van der Waals surface area contributed by atoms with Crippen LogP contribution in [0, 0.1) is 6.92 Å². The normalized spacial score (nSPS) is 16.1. The van der Waals surface area contributed by atoms with Crippen LogP contribution in [0.15, 0.2) is 50.6 Å². The van der Waals surface area contributed by atoms with Crippen molar-refractivity contribution in [1.82, 2.24) is 9.21 Å². The molecule has 1 saturated heterocycles. The van der Waals surface area contributed by atoms with E-state index in [1.165, 1.54) is 15.6 Å². The van der Waals surface area contributed by atoms with Crippen molar-refractivity contribution in [3.05, 3.63) is 53.1 Å². The zero-order valence-electron chi connectivity index (χ0n) is 14.9. The fourth-order valence-electron chi connectivity index (χ4n) is 3.32. The molecule has 0 aliphatic carbocycles. The van der Waals surface area contributed by atoms with Crippen LogP contribution >= 0.6 is 11.3 Å². The second kappa shape index (κ2) is 7.10. The van der Waals surface area contributed by atoms with Gasteiger partial charge in [0.25, 0.3) is 10.0 Å². The van der Waals surface area contributed by atoms with Crippen molar-refractivity contribution in [2.24, 2.45) is 0 Å². The summed E-state index contributed by atoms with van der Waals surface area (Å²) in [6.45, 7) is 3.43. The van der Waals surface area contributed by atoms with Crippen LogP contribution in [0.4, 0.5) is 0 Å². The quantitative estimate of drug-likeness (QED) is 0.670. The molecule has 4 rings (SSSR count). The highest BCUT2D eigenvalue weighted by Crippen LogP contribution is 2.24. The van der Waals surface area contributed by atoms with E-state index in [9.17, 15) is 13.2 Å². The van der Waals surface area contributed by atoms with Crippen molar-refractivity contribution in [2.75, 3.05) is 26.2 Å². The van der Waals surface area contributed by atoms with Gasteiger partial charge in [-0.15, -0.1) is 11.3 Å². The van der Waals surface area contributed by atoms with Gasteiger partial charge < -0.3 is 9.32 Å². The number of piperazine rings is 1. The summed E-state index contributed by atoms with van der Waals surface area (Å²) in [7, 11) is -3.45. The van der Waals surface area contributed by atoms with E-state index >= 15 is 0 Å². The molecular formula is C19H20N2O4S2. The van der Waals surface area contributed by atoms with Gasteiger partial charge in [-0.2, -0.15) is 4.31 Å². The SMILES string of the molecule is Cc1ccc2c(CC(=O)N3CCN(S(=O)(=O)c4cccs4)CC3)coc2c1. The molecule has 0 atom stereocenters. The third-order valence-corrected chi connectivity index (χ3v) is 8.11. The Morgan fingerprint density at radius 3 is 2.67 bits per heavy atom. The second-order valence-electron chi connectivity index (χ2n) is 6.65. The first-order chi connectivity index (χ1) is 12.9. The fourth-order valence-corrected chi connectivity index (χ4v) is 5.88. The summed E-state index contributed by atoms with van der Waals surface area (Å²) in [5, 5.41) is 2.71. The van der Waals surface area contributed by atoms with Crippen LogP contribution in [-0.4, -0.2) is 49.7 Å². The van der Waals surface area contributed by atoms with E-state index in [2.05, 4.69) is 0 Å². The number of carbonyl (C=O) groups excluding carboxylic acids is 1. The lowest BCUT2D eigenvalue weighted by Crippen LogP contribution is -2.50. The van der Waals surface area contributed by atoms with Gasteiger partial charge in [0, 0.05) is 37.1 Å². The molecule has 0 radical (unpaired) electrons. The standard InChI is InChI=1S/C19H20N2O4S2/c1-14-4-5-16-15(13-25-17(16)11-14)12-18(22)20-6-8-21(9-7-20)27(23,24)19-3-2-10-26-19/h2-5,10-11,13H,6-9,12H2,1H3. The highest BCUT2D eigenvalue weighted by atomic mass is 32.2. The Hall–Kier alpha value is -2.16. The van der Waals surface area contributed by atoms with Crippen molar-refractivity contribution >= 4 is 38.2 Å². The summed E-state index contributed by atoms with van der Waals surface area (Å²) in [6, 6.07) is 9.27. The molecule has 0 unspecified atom stereocenters. The first-order valence-corrected chi connectivity index (χ1v) is 11.1. The number of hydrogen-bond donors (Lipinski definition) is 0. The van der Waals surface area contributed by atoms with Gasteiger partial charge in [-0.05, 0) is 30.0 Å². The number of sulfonamides is 1. The van der Waals surface area contributed by atoms with Gasteiger partial charge in [0.2, 0.25) is 5.91 Å². The van der Waals surface area contributed by atoms with Gasteiger partial charge in [0.15, 0.2) is 0 Å². The first-order valence-electron chi connectivity index (χ1n) is 8.73. The molecule has 1 fully saturated rings. The number of carbonyl (C=O) groups is 1. The number of hydrogen-bond acceptors (Lipinski definition) is 5. The molecule has 142 valence electrons. The Balaban J connectivity index is 1.41. The number of amides is 1. The van der Waals surface area contributed by atoms with Gasteiger partial charge in [0.05, 0.1) is 12.7 Å². The van der Waals surface area contributed by atoms with E-state index in [0.717, 1.165) is 22.1 Å². The minimum atomic E-state index is -3.45. The van der Waals surface area contributed by atoms with E-state index in [-0.39, 0.29) is 12.3 Å². The van der Waals surface area contributed by atoms with E-state index in [0.29, 0.717) is 30.4 Å². The predicted octanol–water partition coefficient (Wildman–Crippen LogP) is 2.88. The molecule has 0 N–H and O–H groups in total. The molecule has 27 heavy (non-hydrogen) atoms. The largest absolute Gasteiger partial charge is 0.464 e. The van der Waals surface area contributed by atoms with Gasteiger partial charge in [-0.3, -0.25) is 4.79 Å². The average Bonchev–Trinajstić information content (AvgIpc) is 3.32. The average molecular weight is 405 g/mol. The monoisotopic (exact) mass is 404 g/mol. The highest BCUT2D eigenvalue weighted by molar-refractivity contribution is 7.91. The summed E-state index contributed by atoms with van der Waals surface area (Å²) >= 11 is 1.21. The van der Waals surface area contributed by atoms with Crippen LogP contribution in [-0.2, 0) is 21.2 Å². The summed E-state index contributed by atoms with van der Waals surface area (Å²) in [4.78, 5) is 14.4. The predicted molar refractivity (Wildman–Crippen MR) is 104 cm³/mol. The molecule has 0 spiro atoms. The molecule has 1 aliphatic rings. The molecular weight excluding hydrogens is 384 g/mol. The molecule has 2 aromatic heterocycles. The second-order valence-corrected chi connectivity index (χ2v) is 9.77. The lowest BCUT2D eigenvalue weighted by atomic mass is 10.1. The van der Waals surface area contributed by atoms with Crippen LogP contribution in [0.3, 0.4) is 0 Å². The van der Waals surface area contributed by atoms with E-state index in [1.807, 2.05) is 25.1 Å². The van der Waals surface area contributed by atoms with Crippen molar-refractivity contribution in [3.63, 3.8) is 0 Å². The van der Waals surface area contributed by atoms with Gasteiger partial charge >= 0.3 is 0 Å². The van der Waals surface area contributed by atoms with E-state index < -0.39 is 10.0 Å². The minimum absolute atomic E-state index is 0.00792. The summed E-state index contributed by atoms with van der Waals surface area (Å²) < 4.78 is 32.5. The molecule has 0 bridgehead atoms. The van der Waals surface area contributed by atoms with Crippen LogP contribution in [0.5, 0.6) is 0 Å².